The van der Waals surface area contributed by atoms with E-state index in [9.17, 15) is 0 Å². The maximum absolute atomic E-state index is 5.56. The van der Waals surface area contributed by atoms with E-state index in [2.05, 4.69) is 17.2 Å². The van der Waals surface area contributed by atoms with Crippen LogP contribution in [0.4, 0.5) is 5.13 Å². The number of hydrogen-bond acceptors (Lipinski definition) is 6. The van der Waals surface area contributed by atoms with Crippen LogP contribution in [0.2, 0.25) is 0 Å². The fraction of sp³-hybridized carbons (Fsp3) is 0.769. The molecule has 2 heterocycles. The van der Waals surface area contributed by atoms with Crippen molar-refractivity contribution in [2.24, 2.45) is 0 Å². The molecule has 1 saturated heterocycles. The average Bonchev–Trinajstić information content (AvgIpc) is 2.80. The minimum atomic E-state index is 0.354. The molecule has 6 heteroatoms. The molecule has 19 heavy (non-hydrogen) atoms. The highest BCUT2D eigenvalue weighted by Gasteiger charge is 2.20. The van der Waals surface area contributed by atoms with Crippen molar-refractivity contribution in [3.8, 4) is 5.88 Å². The van der Waals surface area contributed by atoms with Crippen molar-refractivity contribution in [3.63, 3.8) is 0 Å². The van der Waals surface area contributed by atoms with E-state index in [-0.39, 0.29) is 0 Å². The number of rotatable bonds is 5. The van der Waals surface area contributed by atoms with Gasteiger partial charge in [0.05, 0.1) is 18.1 Å². The number of methoxy groups -OCH3 is 1. The topological polar surface area (TPSA) is 46.6 Å². The van der Waals surface area contributed by atoms with Crippen LogP contribution >= 0.6 is 11.3 Å². The summed E-state index contributed by atoms with van der Waals surface area (Å²) in [5, 5.41) is 4.57. The van der Waals surface area contributed by atoms with Crippen molar-refractivity contribution >= 4 is 16.5 Å². The highest BCUT2D eigenvalue weighted by atomic mass is 32.1. The molecule has 0 saturated carbocycles. The standard InChI is InChI=1S/C13H23N3O2S/c1-9-7-10(5-6-18-9)14-8-11-12(17-4)15-13(19-11)16(2)3/h9-10,14H,5-8H2,1-4H3. The first-order valence-corrected chi connectivity index (χ1v) is 7.47. The zero-order valence-electron chi connectivity index (χ0n) is 12.1. The Hall–Kier alpha value is -0.850. The summed E-state index contributed by atoms with van der Waals surface area (Å²) in [5.41, 5.74) is 0. The smallest absolute Gasteiger partial charge is 0.230 e. The predicted octanol–water partition coefficient (Wildman–Crippen LogP) is 1.87. The van der Waals surface area contributed by atoms with Gasteiger partial charge in [0.15, 0.2) is 5.13 Å². The fourth-order valence-corrected chi connectivity index (χ4v) is 3.11. The molecule has 2 atom stereocenters. The van der Waals surface area contributed by atoms with Crippen LogP contribution < -0.4 is 15.0 Å². The van der Waals surface area contributed by atoms with Crippen LogP contribution in [0.15, 0.2) is 0 Å². The highest BCUT2D eigenvalue weighted by Crippen LogP contribution is 2.30. The van der Waals surface area contributed by atoms with Gasteiger partial charge in [0.2, 0.25) is 5.88 Å². The Balaban J connectivity index is 1.94. The van der Waals surface area contributed by atoms with E-state index in [0.29, 0.717) is 12.1 Å². The van der Waals surface area contributed by atoms with Gasteiger partial charge < -0.3 is 19.7 Å². The Bertz CT molecular complexity index is 409. The highest BCUT2D eigenvalue weighted by molar-refractivity contribution is 7.15. The number of hydrogen-bond donors (Lipinski definition) is 1. The van der Waals surface area contributed by atoms with Crippen LogP contribution in [0, 0.1) is 0 Å². The summed E-state index contributed by atoms with van der Waals surface area (Å²) in [6, 6.07) is 0.526. The molecule has 1 aromatic heterocycles. The quantitative estimate of drug-likeness (QED) is 0.895. The second-order valence-electron chi connectivity index (χ2n) is 5.11. The third-order valence-corrected chi connectivity index (χ3v) is 4.47. The van der Waals surface area contributed by atoms with E-state index in [4.69, 9.17) is 9.47 Å². The number of nitrogens with zero attached hydrogens (tertiary/aromatic N) is 2. The molecule has 1 fully saturated rings. The van der Waals surface area contributed by atoms with E-state index in [1.165, 1.54) is 0 Å². The van der Waals surface area contributed by atoms with Crippen molar-refractivity contribution in [3.05, 3.63) is 4.88 Å². The molecular formula is C13H23N3O2S. The van der Waals surface area contributed by atoms with Crippen LogP contribution in [0.25, 0.3) is 0 Å². The molecule has 2 rings (SSSR count). The molecule has 0 amide bonds. The van der Waals surface area contributed by atoms with Gasteiger partial charge in [-0.3, -0.25) is 0 Å². The van der Waals surface area contributed by atoms with Gasteiger partial charge in [-0.05, 0) is 19.8 Å². The molecule has 0 aliphatic carbocycles. The molecular weight excluding hydrogens is 262 g/mol. The Morgan fingerprint density at radius 2 is 2.32 bits per heavy atom. The van der Waals surface area contributed by atoms with Crippen molar-refractivity contribution in [1.29, 1.82) is 0 Å². The lowest BCUT2D eigenvalue weighted by atomic mass is 10.0. The van der Waals surface area contributed by atoms with Gasteiger partial charge in [0.1, 0.15) is 0 Å². The Kier molecular flexibility index (Phi) is 5.01. The second kappa shape index (κ2) is 6.54. The summed E-state index contributed by atoms with van der Waals surface area (Å²) in [6.07, 6.45) is 2.50. The predicted molar refractivity (Wildman–Crippen MR) is 78.3 cm³/mol. The van der Waals surface area contributed by atoms with Crippen LogP contribution in [0.3, 0.4) is 0 Å². The zero-order valence-corrected chi connectivity index (χ0v) is 12.9. The summed E-state index contributed by atoms with van der Waals surface area (Å²) in [4.78, 5) is 7.63. The summed E-state index contributed by atoms with van der Waals surface area (Å²) in [7, 11) is 5.67. The van der Waals surface area contributed by atoms with Gasteiger partial charge in [-0.2, -0.15) is 4.98 Å². The molecule has 1 aliphatic rings. The van der Waals surface area contributed by atoms with Crippen LogP contribution in [0.5, 0.6) is 5.88 Å². The number of nitrogens with one attached hydrogen (secondary N) is 1. The molecule has 2 unspecified atom stereocenters. The van der Waals surface area contributed by atoms with Gasteiger partial charge in [-0.15, -0.1) is 0 Å². The van der Waals surface area contributed by atoms with E-state index in [1.807, 2.05) is 19.0 Å². The molecule has 1 N–H and O–H groups in total. The van der Waals surface area contributed by atoms with E-state index >= 15 is 0 Å². The normalized spacial score (nSPS) is 23.4. The molecule has 5 nitrogen and oxygen atoms in total. The monoisotopic (exact) mass is 285 g/mol. The maximum Gasteiger partial charge on any atom is 0.230 e. The zero-order chi connectivity index (χ0) is 13.8. The molecule has 1 aromatic rings. The van der Waals surface area contributed by atoms with Crippen molar-refractivity contribution in [2.75, 3.05) is 32.7 Å². The van der Waals surface area contributed by atoms with E-state index in [0.717, 1.165) is 41.9 Å². The lowest BCUT2D eigenvalue weighted by Crippen LogP contribution is -2.37. The van der Waals surface area contributed by atoms with Crippen LogP contribution in [-0.4, -0.2) is 44.9 Å². The lowest BCUT2D eigenvalue weighted by Gasteiger charge is -2.27. The first-order valence-electron chi connectivity index (χ1n) is 6.66. The van der Waals surface area contributed by atoms with Crippen LogP contribution in [-0.2, 0) is 11.3 Å². The number of thiazole rings is 1. The SMILES string of the molecule is COc1nc(N(C)C)sc1CNC1CCOC(C)C1. The third-order valence-electron chi connectivity index (χ3n) is 3.26. The summed E-state index contributed by atoms with van der Waals surface area (Å²) in [6.45, 7) is 3.79. The number of aromatic nitrogens is 1. The number of ether oxygens (including phenoxy) is 2. The third kappa shape index (κ3) is 3.81. The largest absolute Gasteiger partial charge is 0.480 e. The number of anilines is 1. The van der Waals surface area contributed by atoms with Gasteiger partial charge in [-0.1, -0.05) is 11.3 Å². The second-order valence-corrected chi connectivity index (χ2v) is 6.17. The molecule has 0 aromatic carbocycles. The minimum Gasteiger partial charge on any atom is -0.480 e. The van der Waals surface area contributed by atoms with Crippen molar-refractivity contribution in [2.45, 2.75) is 38.5 Å². The Labute approximate surface area is 118 Å². The minimum absolute atomic E-state index is 0.354. The van der Waals surface area contributed by atoms with E-state index < -0.39 is 0 Å². The van der Waals surface area contributed by atoms with Gasteiger partial charge in [0.25, 0.3) is 0 Å². The van der Waals surface area contributed by atoms with Crippen LogP contribution in [0.1, 0.15) is 24.6 Å². The first kappa shape index (κ1) is 14.6. The molecule has 0 spiro atoms. The van der Waals surface area contributed by atoms with Gasteiger partial charge in [0, 0.05) is 33.3 Å². The summed E-state index contributed by atoms with van der Waals surface area (Å²) >= 11 is 1.68. The van der Waals surface area contributed by atoms with Gasteiger partial charge >= 0.3 is 0 Å². The average molecular weight is 285 g/mol. The maximum atomic E-state index is 5.56. The molecule has 0 radical (unpaired) electrons. The Morgan fingerprint density at radius 3 is 2.95 bits per heavy atom. The van der Waals surface area contributed by atoms with E-state index in [1.54, 1.807) is 18.4 Å². The molecule has 0 bridgehead atoms. The Morgan fingerprint density at radius 1 is 1.53 bits per heavy atom. The van der Waals surface area contributed by atoms with Gasteiger partial charge in [-0.25, -0.2) is 0 Å². The summed E-state index contributed by atoms with van der Waals surface area (Å²) < 4.78 is 10.9. The fourth-order valence-electron chi connectivity index (χ4n) is 2.21. The van der Waals surface area contributed by atoms with Crippen molar-refractivity contribution < 1.29 is 9.47 Å². The lowest BCUT2D eigenvalue weighted by molar-refractivity contribution is 0.0131. The molecule has 108 valence electrons. The summed E-state index contributed by atoms with van der Waals surface area (Å²) in [5.74, 6) is 0.737. The van der Waals surface area contributed by atoms with Crippen molar-refractivity contribution in [1.82, 2.24) is 10.3 Å². The molecule has 1 aliphatic heterocycles. The first-order chi connectivity index (χ1) is 9.10.